The third-order valence-electron chi connectivity index (χ3n) is 1.83. The summed E-state index contributed by atoms with van der Waals surface area (Å²) in [6, 6.07) is 4.17. The van der Waals surface area contributed by atoms with Gasteiger partial charge >= 0.3 is 6.36 Å². The predicted molar refractivity (Wildman–Crippen MR) is 50.3 cm³/mol. The fourth-order valence-electron chi connectivity index (χ4n) is 1.17. The molecule has 0 atom stereocenters. The molecule has 0 spiro atoms. The molecule has 0 saturated carbocycles. The van der Waals surface area contributed by atoms with Crippen molar-refractivity contribution in [2.75, 3.05) is 5.43 Å². The number of halogens is 3. The molecular formula is C9H11F3N2O. The van der Waals surface area contributed by atoms with Crippen molar-refractivity contribution in [1.82, 2.24) is 0 Å². The first kappa shape index (κ1) is 11.6. The number of nitrogens with two attached hydrogens (primary N) is 1. The third kappa shape index (κ3) is 3.32. The van der Waals surface area contributed by atoms with Crippen LogP contribution in [0.1, 0.15) is 12.5 Å². The van der Waals surface area contributed by atoms with Gasteiger partial charge in [-0.25, -0.2) is 0 Å². The van der Waals surface area contributed by atoms with Crippen LogP contribution in [0.25, 0.3) is 0 Å². The van der Waals surface area contributed by atoms with Crippen LogP contribution in [-0.2, 0) is 6.42 Å². The molecular weight excluding hydrogens is 209 g/mol. The standard InChI is InChI=1S/C9H11F3N2O/c1-2-6-5-7(14-13)3-4-8(6)15-9(10,11)12/h3-5,14H,2,13H2,1H3. The zero-order chi connectivity index (χ0) is 11.5. The van der Waals surface area contributed by atoms with Gasteiger partial charge in [0.25, 0.3) is 0 Å². The van der Waals surface area contributed by atoms with E-state index < -0.39 is 6.36 Å². The Bertz CT molecular complexity index is 339. The van der Waals surface area contributed by atoms with Crippen LogP contribution in [0.5, 0.6) is 5.75 Å². The van der Waals surface area contributed by atoms with E-state index >= 15 is 0 Å². The number of nitrogens with one attached hydrogen (secondary N) is 1. The number of ether oxygens (including phenoxy) is 1. The summed E-state index contributed by atoms with van der Waals surface area (Å²) in [6.07, 6.45) is -4.23. The first-order valence-electron chi connectivity index (χ1n) is 4.31. The van der Waals surface area contributed by atoms with Gasteiger partial charge in [-0.1, -0.05) is 6.92 Å². The molecule has 0 bridgehead atoms. The number of alkyl halides is 3. The zero-order valence-electron chi connectivity index (χ0n) is 8.06. The Morgan fingerprint density at radius 2 is 2.07 bits per heavy atom. The molecule has 3 N–H and O–H groups in total. The van der Waals surface area contributed by atoms with Crippen LogP contribution >= 0.6 is 0 Å². The number of anilines is 1. The quantitative estimate of drug-likeness (QED) is 0.607. The normalized spacial score (nSPS) is 11.3. The van der Waals surface area contributed by atoms with Crippen LogP contribution in [0.2, 0.25) is 0 Å². The summed E-state index contributed by atoms with van der Waals surface area (Å²) in [7, 11) is 0. The van der Waals surface area contributed by atoms with Gasteiger partial charge in [-0.3, -0.25) is 5.84 Å². The van der Waals surface area contributed by atoms with Crippen LogP contribution in [0.4, 0.5) is 18.9 Å². The highest BCUT2D eigenvalue weighted by Gasteiger charge is 2.31. The molecule has 1 aromatic carbocycles. The number of aryl methyl sites for hydroxylation is 1. The minimum atomic E-state index is -4.67. The largest absolute Gasteiger partial charge is 0.573 e. The Balaban J connectivity index is 2.97. The first-order valence-corrected chi connectivity index (χ1v) is 4.31. The summed E-state index contributed by atoms with van der Waals surface area (Å²) in [5.74, 6) is 4.95. The minimum absolute atomic E-state index is 0.191. The molecule has 0 aliphatic heterocycles. The van der Waals surface area contributed by atoms with Gasteiger partial charge in [0.05, 0.1) is 0 Å². The van der Waals surface area contributed by atoms with Gasteiger partial charge in [0, 0.05) is 5.69 Å². The van der Waals surface area contributed by atoms with Gasteiger partial charge in [0.1, 0.15) is 5.75 Å². The second kappa shape index (κ2) is 4.39. The summed E-state index contributed by atoms with van der Waals surface area (Å²) in [6.45, 7) is 1.73. The number of hydrogen-bond donors (Lipinski definition) is 2. The molecule has 0 aliphatic rings. The lowest BCUT2D eigenvalue weighted by Crippen LogP contribution is -2.18. The Morgan fingerprint density at radius 1 is 1.40 bits per heavy atom. The number of nitrogen functional groups attached to an aromatic ring is 1. The van der Waals surface area contributed by atoms with Crippen molar-refractivity contribution in [3.8, 4) is 5.75 Å². The summed E-state index contributed by atoms with van der Waals surface area (Å²) in [4.78, 5) is 0. The maximum absolute atomic E-state index is 12.0. The highest BCUT2D eigenvalue weighted by Crippen LogP contribution is 2.28. The summed E-state index contributed by atoms with van der Waals surface area (Å²) in [5, 5.41) is 0. The molecule has 0 aromatic heterocycles. The van der Waals surface area contributed by atoms with E-state index in [9.17, 15) is 13.2 Å². The molecule has 6 heteroatoms. The van der Waals surface area contributed by atoms with Gasteiger partial charge < -0.3 is 10.2 Å². The molecule has 1 aromatic rings. The molecule has 0 heterocycles. The van der Waals surface area contributed by atoms with Crippen molar-refractivity contribution in [2.24, 2.45) is 5.84 Å². The van der Waals surface area contributed by atoms with Crippen molar-refractivity contribution in [1.29, 1.82) is 0 Å². The minimum Gasteiger partial charge on any atom is -0.406 e. The molecule has 1 rings (SSSR count). The van der Waals surface area contributed by atoms with Crippen molar-refractivity contribution in [3.05, 3.63) is 23.8 Å². The van der Waals surface area contributed by atoms with Crippen LogP contribution < -0.4 is 16.0 Å². The van der Waals surface area contributed by atoms with E-state index in [0.717, 1.165) is 0 Å². The second-order valence-corrected chi connectivity index (χ2v) is 2.87. The molecule has 0 fully saturated rings. The lowest BCUT2D eigenvalue weighted by molar-refractivity contribution is -0.274. The fraction of sp³-hybridized carbons (Fsp3) is 0.333. The molecule has 0 unspecified atom stereocenters. The average Bonchev–Trinajstić information content (AvgIpc) is 2.16. The third-order valence-corrected chi connectivity index (χ3v) is 1.83. The van der Waals surface area contributed by atoms with E-state index in [4.69, 9.17) is 5.84 Å². The number of rotatable bonds is 3. The van der Waals surface area contributed by atoms with Gasteiger partial charge in [0.15, 0.2) is 0 Å². The molecule has 0 aliphatic carbocycles. The summed E-state index contributed by atoms with van der Waals surface area (Å²) < 4.78 is 39.8. The van der Waals surface area contributed by atoms with Crippen LogP contribution in [0, 0.1) is 0 Å². The van der Waals surface area contributed by atoms with Gasteiger partial charge in [0.2, 0.25) is 0 Å². The average molecular weight is 220 g/mol. The molecule has 15 heavy (non-hydrogen) atoms. The lowest BCUT2D eigenvalue weighted by Gasteiger charge is -2.13. The topological polar surface area (TPSA) is 47.3 Å². The number of hydrazine groups is 1. The monoisotopic (exact) mass is 220 g/mol. The van der Waals surface area contributed by atoms with Gasteiger partial charge in [-0.05, 0) is 30.2 Å². The fourth-order valence-corrected chi connectivity index (χ4v) is 1.17. The van der Waals surface area contributed by atoms with E-state index in [1.807, 2.05) is 0 Å². The molecule has 3 nitrogen and oxygen atoms in total. The summed E-state index contributed by atoms with van der Waals surface area (Å²) in [5.41, 5.74) is 3.34. The van der Waals surface area contributed by atoms with Gasteiger partial charge in [-0.15, -0.1) is 13.2 Å². The van der Waals surface area contributed by atoms with Crippen molar-refractivity contribution < 1.29 is 17.9 Å². The molecule has 84 valence electrons. The second-order valence-electron chi connectivity index (χ2n) is 2.87. The first-order chi connectivity index (χ1) is 6.96. The van der Waals surface area contributed by atoms with Crippen molar-refractivity contribution in [3.63, 3.8) is 0 Å². The van der Waals surface area contributed by atoms with Crippen LogP contribution in [-0.4, -0.2) is 6.36 Å². The van der Waals surface area contributed by atoms with E-state index in [1.54, 1.807) is 6.92 Å². The smallest absolute Gasteiger partial charge is 0.406 e. The molecule has 0 saturated heterocycles. The Hall–Kier alpha value is -1.43. The lowest BCUT2D eigenvalue weighted by atomic mass is 10.1. The van der Waals surface area contributed by atoms with E-state index in [1.165, 1.54) is 18.2 Å². The zero-order valence-corrected chi connectivity index (χ0v) is 8.06. The maximum Gasteiger partial charge on any atom is 0.573 e. The highest BCUT2D eigenvalue weighted by atomic mass is 19.4. The van der Waals surface area contributed by atoms with E-state index in [2.05, 4.69) is 10.2 Å². The predicted octanol–water partition coefficient (Wildman–Crippen LogP) is 2.43. The number of hydrogen-bond acceptors (Lipinski definition) is 3. The van der Waals surface area contributed by atoms with Crippen molar-refractivity contribution in [2.45, 2.75) is 19.7 Å². The van der Waals surface area contributed by atoms with Crippen LogP contribution in [0.3, 0.4) is 0 Å². The Labute approximate surface area is 85.0 Å². The molecule has 0 amide bonds. The Morgan fingerprint density at radius 3 is 2.53 bits per heavy atom. The van der Waals surface area contributed by atoms with Gasteiger partial charge in [-0.2, -0.15) is 0 Å². The Kier molecular flexibility index (Phi) is 3.41. The highest BCUT2D eigenvalue weighted by molar-refractivity contribution is 5.50. The van der Waals surface area contributed by atoms with E-state index in [-0.39, 0.29) is 5.75 Å². The maximum atomic E-state index is 12.0. The summed E-state index contributed by atoms with van der Waals surface area (Å²) >= 11 is 0. The number of benzene rings is 1. The van der Waals surface area contributed by atoms with Crippen molar-refractivity contribution >= 4 is 5.69 Å². The molecule has 0 radical (unpaired) electrons. The van der Waals surface area contributed by atoms with Crippen LogP contribution in [0.15, 0.2) is 18.2 Å². The SMILES string of the molecule is CCc1cc(NN)ccc1OC(F)(F)F. The van der Waals surface area contributed by atoms with E-state index in [0.29, 0.717) is 17.7 Å².